The molecule has 2 heterocycles. The van der Waals surface area contributed by atoms with Crippen LogP contribution in [0.15, 0.2) is 18.2 Å². The van der Waals surface area contributed by atoms with Crippen LogP contribution in [0.4, 0.5) is 19.0 Å². The summed E-state index contributed by atoms with van der Waals surface area (Å²) in [5.74, 6) is 0.412. The van der Waals surface area contributed by atoms with Crippen LogP contribution in [0.2, 0.25) is 0 Å². The molecule has 3 nitrogen and oxygen atoms in total. The lowest BCUT2D eigenvalue weighted by atomic mass is 9.90. The quantitative estimate of drug-likeness (QED) is 0.917. The Balaban J connectivity index is 2.16. The van der Waals surface area contributed by atoms with Crippen molar-refractivity contribution in [2.45, 2.75) is 19.5 Å². The summed E-state index contributed by atoms with van der Waals surface area (Å²) in [4.78, 5) is 5.66. The molecule has 19 heavy (non-hydrogen) atoms. The zero-order valence-electron chi connectivity index (χ0n) is 11.1. The molecule has 0 saturated carbocycles. The first-order chi connectivity index (χ1) is 8.84. The van der Waals surface area contributed by atoms with E-state index in [0.29, 0.717) is 5.82 Å². The van der Waals surface area contributed by atoms with E-state index in [2.05, 4.69) is 17.2 Å². The van der Waals surface area contributed by atoms with E-state index in [4.69, 9.17) is 0 Å². The molecule has 6 heteroatoms. The van der Waals surface area contributed by atoms with E-state index in [0.717, 1.165) is 32.1 Å². The normalized spacial score (nSPS) is 23.9. The van der Waals surface area contributed by atoms with Gasteiger partial charge in [-0.25, -0.2) is 4.98 Å². The van der Waals surface area contributed by atoms with Gasteiger partial charge in [0.05, 0.1) is 0 Å². The Morgan fingerprint density at radius 3 is 2.79 bits per heavy atom. The van der Waals surface area contributed by atoms with Gasteiger partial charge < -0.3 is 10.2 Å². The molecule has 0 aliphatic carbocycles. The van der Waals surface area contributed by atoms with E-state index in [1.165, 1.54) is 6.07 Å². The summed E-state index contributed by atoms with van der Waals surface area (Å²) < 4.78 is 37.9. The van der Waals surface area contributed by atoms with Crippen molar-refractivity contribution in [2.75, 3.05) is 31.6 Å². The van der Waals surface area contributed by atoms with Crippen LogP contribution in [-0.4, -0.2) is 31.7 Å². The number of hydrogen-bond donors (Lipinski definition) is 1. The monoisotopic (exact) mass is 273 g/mol. The number of rotatable bonds is 3. The predicted molar refractivity (Wildman–Crippen MR) is 68.1 cm³/mol. The van der Waals surface area contributed by atoms with E-state index in [-0.39, 0.29) is 5.41 Å². The largest absolute Gasteiger partial charge is 0.433 e. The van der Waals surface area contributed by atoms with Crippen molar-refractivity contribution in [3.8, 4) is 0 Å². The molecule has 1 aliphatic heterocycles. The molecule has 1 atom stereocenters. The Labute approximate surface area is 110 Å². The number of nitrogens with one attached hydrogen (secondary N) is 1. The average molecular weight is 273 g/mol. The highest BCUT2D eigenvalue weighted by atomic mass is 19.4. The molecule has 0 bridgehead atoms. The van der Waals surface area contributed by atoms with Gasteiger partial charge in [0.15, 0.2) is 0 Å². The van der Waals surface area contributed by atoms with Crippen molar-refractivity contribution in [1.82, 2.24) is 10.3 Å². The van der Waals surface area contributed by atoms with E-state index < -0.39 is 11.9 Å². The third-order valence-corrected chi connectivity index (χ3v) is 3.51. The van der Waals surface area contributed by atoms with Gasteiger partial charge in [-0.3, -0.25) is 0 Å². The maximum absolute atomic E-state index is 12.6. The van der Waals surface area contributed by atoms with Gasteiger partial charge in [0.2, 0.25) is 0 Å². The predicted octanol–water partition coefficient (Wildman–Crippen LogP) is 2.54. The second-order valence-electron chi connectivity index (χ2n) is 5.39. The summed E-state index contributed by atoms with van der Waals surface area (Å²) in [6, 6.07) is 4.06. The van der Waals surface area contributed by atoms with Crippen LogP contribution in [0.25, 0.3) is 0 Å². The highest BCUT2D eigenvalue weighted by Gasteiger charge is 2.36. The van der Waals surface area contributed by atoms with Gasteiger partial charge in [-0.2, -0.15) is 13.2 Å². The number of aromatic nitrogens is 1. The van der Waals surface area contributed by atoms with Crippen molar-refractivity contribution in [3.05, 3.63) is 23.9 Å². The van der Waals surface area contributed by atoms with Crippen LogP contribution in [0, 0.1) is 5.41 Å². The van der Waals surface area contributed by atoms with Crippen molar-refractivity contribution in [3.63, 3.8) is 0 Å². The van der Waals surface area contributed by atoms with Crippen LogP contribution in [0.1, 0.15) is 19.0 Å². The highest BCUT2D eigenvalue weighted by molar-refractivity contribution is 5.41. The summed E-state index contributed by atoms with van der Waals surface area (Å²) in [6.45, 7) is 4.45. The fourth-order valence-corrected chi connectivity index (χ4v) is 2.55. The van der Waals surface area contributed by atoms with Gasteiger partial charge in [0, 0.05) is 19.6 Å². The van der Waals surface area contributed by atoms with Crippen LogP contribution in [0.5, 0.6) is 0 Å². The Hall–Kier alpha value is -1.30. The smallest absolute Gasteiger partial charge is 0.356 e. The number of hydrogen-bond acceptors (Lipinski definition) is 3. The van der Waals surface area contributed by atoms with Crippen molar-refractivity contribution < 1.29 is 13.2 Å². The summed E-state index contributed by atoms with van der Waals surface area (Å²) in [5.41, 5.74) is -0.739. The molecule has 1 aromatic rings. The summed E-state index contributed by atoms with van der Waals surface area (Å²) in [5, 5.41) is 3.13. The number of halogens is 3. The van der Waals surface area contributed by atoms with Crippen LogP contribution >= 0.6 is 0 Å². The lowest BCUT2D eigenvalue weighted by molar-refractivity contribution is -0.141. The molecule has 0 spiro atoms. The third-order valence-electron chi connectivity index (χ3n) is 3.51. The molecule has 1 aromatic heterocycles. The van der Waals surface area contributed by atoms with Gasteiger partial charge in [-0.05, 0) is 31.0 Å². The minimum Gasteiger partial charge on any atom is -0.356 e. The lowest BCUT2D eigenvalue weighted by Gasteiger charge is -2.25. The maximum Gasteiger partial charge on any atom is 0.433 e. The zero-order chi connectivity index (χ0) is 14.1. The van der Waals surface area contributed by atoms with Gasteiger partial charge in [0.1, 0.15) is 11.5 Å². The summed E-state index contributed by atoms with van der Waals surface area (Å²) >= 11 is 0. The van der Waals surface area contributed by atoms with Gasteiger partial charge >= 0.3 is 6.18 Å². The van der Waals surface area contributed by atoms with Crippen LogP contribution in [0.3, 0.4) is 0 Å². The Morgan fingerprint density at radius 2 is 2.16 bits per heavy atom. The number of nitrogens with zero attached hydrogens (tertiary/aromatic N) is 2. The van der Waals surface area contributed by atoms with Crippen molar-refractivity contribution in [2.24, 2.45) is 5.41 Å². The molecule has 0 radical (unpaired) electrons. The first-order valence-electron chi connectivity index (χ1n) is 6.28. The summed E-state index contributed by atoms with van der Waals surface area (Å²) in [7, 11) is 1.89. The molecule has 1 unspecified atom stereocenters. The van der Waals surface area contributed by atoms with Gasteiger partial charge in [-0.15, -0.1) is 0 Å². The molecule has 1 saturated heterocycles. The van der Waals surface area contributed by atoms with Crippen molar-refractivity contribution >= 4 is 5.82 Å². The van der Waals surface area contributed by atoms with Gasteiger partial charge in [-0.1, -0.05) is 13.0 Å². The molecular weight excluding hydrogens is 255 g/mol. The maximum atomic E-state index is 12.6. The van der Waals surface area contributed by atoms with Crippen molar-refractivity contribution in [1.29, 1.82) is 0 Å². The standard InChI is InChI=1S/C13H18F3N3/c1-12(8-17-2)6-7-19(9-12)11-5-3-4-10(18-11)13(14,15)16/h3-5,17H,6-9H2,1-2H3. The number of anilines is 1. The average Bonchev–Trinajstić information content (AvgIpc) is 2.71. The lowest BCUT2D eigenvalue weighted by Crippen LogP contribution is -2.33. The second-order valence-corrected chi connectivity index (χ2v) is 5.39. The van der Waals surface area contributed by atoms with E-state index in [1.807, 2.05) is 11.9 Å². The molecule has 0 aromatic carbocycles. The fourth-order valence-electron chi connectivity index (χ4n) is 2.55. The Kier molecular flexibility index (Phi) is 3.71. The highest BCUT2D eigenvalue weighted by Crippen LogP contribution is 2.33. The Morgan fingerprint density at radius 1 is 1.42 bits per heavy atom. The molecule has 0 amide bonds. The fraction of sp³-hybridized carbons (Fsp3) is 0.615. The minimum atomic E-state index is -4.38. The molecule has 106 valence electrons. The molecule has 1 N–H and O–H groups in total. The number of alkyl halides is 3. The Bertz CT molecular complexity index is 447. The van der Waals surface area contributed by atoms with Crippen LogP contribution < -0.4 is 10.2 Å². The minimum absolute atomic E-state index is 0.0880. The topological polar surface area (TPSA) is 28.2 Å². The van der Waals surface area contributed by atoms with Gasteiger partial charge in [0.25, 0.3) is 0 Å². The third kappa shape index (κ3) is 3.18. The van der Waals surface area contributed by atoms with E-state index >= 15 is 0 Å². The van der Waals surface area contributed by atoms with E-state index in [9.17, 15) is 13.2 Å². The molecule has 2 rings (SSSR count). The molecule has 1 fully saturated rings. The molecule has 1 aliphatic rings. The second kappa shape index (κ2) is 5.00. The first-order valence-corrected chi connectivity index (χ1v) is 6.28. The molecular formula is C13H18F3N3. The number of pyridine rings is 1. The SMILES string of the molecule is CNCC1(C)CCN(c2cccc(C(F)(F)F)n2)C1. The first kappa shape index (κ1) is 14.1. The van der Waals surface area contributed by atoms with Crippen LogP contribution in [-0.2, 0) is 6.18 Å². The summed E-state index contributed by atoms with van der Waals surface area (Å²) in [6.07, 6.45) is -3.43. The van der Waals surface area contributed by atoms with E-state index in [1.54, 1.807) is 6.07 Å². The zero-order valence-corrected chi connectivity index (χ0v) is 11.1.